The molecule has 0 radical (unpaired) electrons. The van der Waals surface area contributed by atoms with Crippen molar-refractivity contribution in [2.75, 3.05) is 33.2 Å². The fourth-order valence-electron chi connectivity index (χ4n) is 4.11. The van der Waals surface area contributed by atoms with E-state index in [0.717, 1.165) is 37.9 Å². The summed E-state index contributed by atoms with van der Waals surface area (Å²) in [7, 11) is 2.16. The van der Waals surface area contributed by atoms with Crippen molar-refractivity contribution in [2.24, 2.45) is 5.92 Å². The first-order valence-electron chi connectivity index (χ1n) is 9.58. The summed E-state index contributed by atoms with van der Waals surface area (Å²) in [4.78, 5) is 14.5. The zero-order valence-corrected chi connectivity index (χ0v) is 15.3. The second-order valence-electron chi connectivity index (χ2n) is 7.69. The van der Waals surface area contributed by atoms with Crippen LogP contribution in [0, 0.1) is 5.92 Å². The monoisotopic (exact) mass is 345 g/mol. The number of hydrogen-bond acceptors (Lipinski definition) is 3. The van der Waals surface area contributed by atoms with E-state index in [2.05, 4.69) is 28.6 Å². The summed E-state index contributed by atoms with van der Waals surface area (Å²) < 4.78 is 0. The van der Waals surface area contributed by atoms with Crippen LogP contribution in [-0.4, -0.2) is 49.3 Å². The Kier molecular flexibility index (Phi) is 5.97. The number of likely N-dealkylation sites (tertiary alicyclic amines) is 1. The predicted octanol–water partition coefficient (Wildman–Crippen LogP) is 2.24. The number of benzene rings is 1. The van der Waals surface area contributed by atoms with E-state index < -0.39 is 5.60 Å². The SMILES string of the molecule is CN1CCC(CCNC(=O)NCC2(O)CCCc3ccccc32)CC1. The minimum atomic E-state index is -0.944. The highest BCUT2D eigenvalue weighted by atomic mass is 16.3. The molecule has 5 heteroatoms. The summed E-state index contributed by atoms with van der Waals surface area (Å²) in [6.45, 7) is 3.28. The van der Waals surface area contributed by atoms with Crippen LogP contribution >= 0.6 is 0 Å². The minimum Gasteiger partial charge on any atom is -0.383 e. The summed E-state index contributed by atoms with van der Waals surface area (Å²) in [5.41, 5.74) is 1.22. The molecule has 2 aliphatic rings. The Morgan fingerprint density at radius 3 is 2.84 bits per heavy atom. The first-order chi connectivity index (χ1) is 12.1. The number of carbonyl (C=O) groups is 1. The standard InChI is InChI=1S/C20H31N3O2/c1-23-13-9-16(10-14-23)8-12-21-19(24)22-15-20(25)11-4-6-17-5-2-3-7-18(17)20/h2-3,5,7,16,25H,4,6,8-15H2,1H3,(H2,21,22,24). The Morgan fingerprint density at radius 2 is 2.04 bits per heavy atom. The van der Waals surface area contributed by atoms with Crippen molar-refractivity contribution in [3.8, 4) is 0 Å². The van der Waals surface area contributed by atoms with Crippen LogP contribution in [0.5, 0.6) is 0 Å². The van der Waals surface area contributed by atoms with Gasteiger partial charge in [0.05, 0.1) is 6.54 Å². The molecule has 2 amide bonds. The number of carbonyl (C=O) groups excluding carboxylic acids is 1. The van der Waals surface area contributed by atoms with Crippen LogP contribution in [0.25, 0.3) is 0 Å². The third-order valence-corrected chi connectivity index (χ3v) is 5.77. The van der Waals surface area contributed by atoms with Gasteiger partial charge in [-0.05, 0) is 75.7 Å². The third kappa shape index (κ3) is 4.73. The summed E-state index contributed by atoms with van der Waals surface area (Å²) >= 11 is 0. The third-order valence-electron chi connectivity index (χ3n) is 5.77. The summed E-state index contributed by atoms with van der Waals surface area (Å²) in [6.07, 6.45) is 6.12. The molecule has 0 aromatic heterocycles. The van der Waals surface area contributed by atoms with Gasteiger partial charge in [-0.3, -0.25) is 0 Å². The lowest BCUT2D eigenvalue weighted by Crippen LogP contribution is -2.46. The van der Waals surface area contributed by atoms with Crippen molar-refractivity contribution in [3.63, 3.8) is 0 Å². The van der Waals surface area contributed by atoms with Crippen LogP contribution < -0.4 is 10.6 Å². The number of rotatable bonds is 5. The number of nitrogens with one attached hydrogen (secondary N) is 2. The van der Waals surface area contributed by atoms with Gasteiger partial charge in [0.25, 0.3) is 0 Å². The molecular formula is C20H31N3O2. The Morgan fingerprint density at radius 1 is 1.28 bits per heavy atom. The Balaban J connectivity index is 1.42. The van der Waals surface area contributed by atoms with Gasteiger partial charge in [0.15, 0.2) is 0 Å². The Hall–Kier alpha value is -1.59. The molecule has 3 rings (SSSR count). The van der Waals surface area contributed by atoms with Crippen molar-refractivity contribution >= 4 is 6.03 Å². The van der Waals surface area contributed by atoms with Gasteiger partial charge >= 0.3 is 6.03 Å². The lowest BCUT2D eigenvalue weighted by molar-refractivity contribution is 0.0217. The van der Waals surface area contributed by atoms with Crippen LogP contribution in [0.3, 0.4) is 0 Å². The highest BCUT2D eigenvalue weighted by molar-refractivity contribution is 5.73. The predicted molar refractivity (Wildman–Crippen MR) is 99.5 cm³/mol. The van der Waals surface area contributed by atoms with Crippen molar-refractivity contribution in [1.29, 1.82) is 0 Å². The maximum atomic E-state index is 12.1. The van der Waals surface area contributed by atoms with Crippen LogP contribution in [0.1, 0.15) is 43.2 Å². The van der Waals surface area contributed by atoms with Gasteiger partial charge in [-0.25, -0.2) is 4.79 Å². The van der Waals surface area contributed by atoms with Crippen LogP contribution in [0.2, 0.25) is 0 Å². The van der Waals surface area contributed by atoms with Crippen molar-refractivity contribution < 1.29 is 9.90 Å². The molecule has 1 fully saturated rings. The van der Waals surface area contributed by atoms with Gasteiger partial charge in [0, 0.05) is 6.54 Å². The zero-order valence-electron chi connectivity index (χ0n) is 15.3. The van der Waals surface area contributed by atoms with E-state index in [4.69, 9.17) is 0 Å². The molecule has 3 N–H and O–H groups in total. The molecule has 0 bridgehead atoms. The molecule has 25 heavy (non-hydrogen) atoms. The van der Waals surface area contributed by atoms with Gasteiger partial charge in [-0.2, -0.15) is 0 Å². The molecule has 1 heterocycles. The number of nitrogens with zero attached hydrogens (tertiary/aromatic N) is 1. The lowest BCUT2D eigenvalue weighted by Gasteiger charge is -2.34. The molecule has 1 aliphatic heterocycles. The summed E-state index contributed by atoms with van der Waals surface area (Å²) in [5, 5.41) is 16.8. The molecule has 0 saturated carbocycles. The highest BCUT2D eigenvalue weighted by Gasteiger charge is 2.34. The van der Waals surface area contributed by atoms with E-state index in [0.29, 0.717) is 18.9 Å². The van der Waals surface area contributed by atoms with Gasteiger partial charge in [-0.1, -0.05) is 24.3 Å². The van der Waals surface area contributed by atoms with E-state index in [-0.39, 0.29) is 12.6 Å². The van der Waals surface area contributed by atoms with Crippen LogP contribution in [0.4, 0.5) is 4.79 Å². The van der Waals surface area contributed by atoms with Gasteiger partial charge < -0.3 is 20.6 Å². The Bertz CT molecular complexity index is 584. The molecule has 1 aromatic carbocycles. The van der Waals surface area contributed by atoms with Gasteiger partial charge in [0.1, 0.15) is 5.60 Å². The Labute approximate surface area is 150 Å². The average Bonchev–Trinajstić information content (AvgIpc) is 2.62. The molecule has 0 spiro atoms. The number of urea groups is 1. The molecule has 1 saturated heterocycles. The van der Waals surface area contributed by atoms with E-state index >= 15 is 0 Å². The lowest BCUT2D eigenvalue weighted by atomic mass is 9.79. The minimum absolute atomic E-state index is 0.176. The largest absolute Gasteiger partial charge is 0.383 e. The summed E-state index contributed by atoms with van der Waals surface area (Å²) in [5.74, 6) is 0.714. The fraction of sp³-hybridized carbons (Fsp3) is 0.650. The molecule has 5 nitrogen and oxygen atoms in total. The fourth-order valence-corrected chi connectivity index (χ4v) is 4.11. The van der Waals surface area contributed by atoms with Gasteiger partial charge in [-0.15, -0.1) is 0 Å². The van der Waals surface area contributed by atoms with Crippen molar-refractivity contribution in [3.05, 3.63) is 35.4 Å². The second kappa shape index (κ2) is 8.19. The molecule has 1 unspecified atom stereocenters. The zero-order chi connectivity index (χ0) is 17.7. The number of hydrogen-bond donors (Lipinski definition) is 3. The maximum Gasteiger partial charge on any atom is 0.314 e. The number of fused-ring (bicyclic) bond motifs is 1. The number of aliphatic hydroxyl groups is 1. The topological polar surface area (TPSA) is 64.6 Å². The number of aryl methyl sites for hydroxylation is 1. The van der Waals surface area contributed by atoms with E-state index in [1.165, 1.54) is 18.4 Å². The van der Waals surface area contributed by atoms with Crippen LogP contribution in [-0.2, 0) is 12.0 Å². The van der Waals surface area contributed by atoms with Crippen molar-refractivity contribution in [1.82, 2.24) is 15.5 Å². The molecule has 1 aromatic rings. The average molecular weight is 345 g/mol. The second-order valence-corrected chi connectivity index (χ2v) is 7.69. The first kappa shape index (κ1) is 18.2. The first-order valence-corrected chi connectivity index (χ1v) is 9.58. The maximum absolute atomic E-state index is 12.1. The smallest absolute Gasteiger partial charge is 0.314 e. The molecule has 1 aliphatic carbocycles. The van der Waals surface area contributed by atoms with E-state index in [1.807, 2.05) is 18.2 Å². The van der Waals surface area contributed by atoms with Crippen LogP contribution in [0.15, 0.2) is 24.3 Å². The van der Waals surface area contributed by atoms with Crippen molar-refractivity contribution in [2.45, 2.75) is 44.1 Å². The number of piperidine rings is 1. The molecule has 138 valence electrons. The normalized spacial score (nSPS) is 24.6. The molecular weight excluding hydrogens is 314 g/mol. The number of amides is 2. The molecule has 1 atom stereocenters. The van der Waals surface area contributed by atoms with Gasteiger partial charge in [0.2, 0.25) is 0 Å². The van der Waals surface area contributed by atoms with E-state index in [9.17, 15) is 9.90 Å². The quantitative estimate of drug-likeness (QED) is 0.767. The summed E-state index contributed by atoms with van der Waals surface area (Å²) in [6, 6.07) is 7.84. The van der Waals surface area contributed by atoms with E-state index in [1.54, 1.807) is 0 Å². The highest BCUT2D eigenvalue weighted by Crippen LogP contribution is 2.34.